The molecule has 3 nitrogen and oxygen atoms in total. The molecule has 0 aromatic carbocycles. The van der Waals surface area contributed by atoms with Gasteiger partial charge >= 0.3 is 5.97 Å². The van der Waals surface area contributed by atoms with Crippen molar-refractivity contribution in [3.63, 3.8) is 0 Å². The van der Waals surface area contributed by atoms with Crippen molar-refractivity contribution in [2.45, 2.75) is 57.8 Å². The van der Waals surface area contributed by atoms with Gasteiger partial charge in [0.15, 0.2) is 0 Å². The summed E-state index contributed by atoms with van der Waals surface area (Å²) in [5.74, 6) is 5.35. The Morgan fingerprint density at radius 1 is 1.38 bits per heavy atom. The molecule has 88 valence electrons. The summed E-state index contributed by atoms with van der Waals surface area (Å²) in [5, 5.41) is 0. The smallest absolute Gasteiger partial charge is 0.384 e. The third kappa shape index (κ3) is 2.76. The van der Waals surface area contributed by atoms with E-state index in [1.807, 2.05) is 20.8 Å². The van der Waals surface area contributed by atoms with Gasteiger partial charge in [0, 0.05) is 11.8 Å². The number of hydrogen-bond donors (Lipinski definition) is 0. The lowest BCUT2D eigenvalue weighted by atomic mass is 9.90. The van der Waals surface area contributed by atoms with Crippen molar-refractivity contribution < 1.29 is 14.3 Å². The number of hydrogen-bond acceptors (Lipinski definition) is 3. The molecule has 2 heterocycles. The monoisotopic (exact) mass is 222 g/mol. The van der Waals surface area contributed by atoms with Gasteiger partial charge in [0.05, 0.1) is 12.2 Å². The quantitative estimate of drug-likeness (QED) is 0.357. The lowest BCUT2D eigenvalue weighted by molar-refractivity contribution is -0.147. The lowest BCUT2D eigenvalue weighted by Gasteiger charge is -2.17. The highest BCUT2D eigenvalue weighted by Gasteiger charge is 2.39. The standard InChI is InChI=1S/C13H18O3/c1-13(2,3)16-12(14)7-4-9-8-10-5-6-11(9)15-10/h9-11H,5-6,8H2,1-3H3. The van der Waals surface area contributed by atoms with E-state index in [4.69, 9.17) is 9.47 Å². The van der Waals surface area contributed by atoms with Crippen LogP contribution in [-0.4, -0.2) is 23.8 Å². The first kappa shape index (κ1) is 11.5. The fourth-order valence-corrected chi connectivity index (χ4v) is 2.24. The molecule has 0 amide bonds. The number of esters is 1. The molecule has 0 N–H and O–H groups in total. The van der Waals surface area contributed by atoms with Crippen LogP contribution < -0.4 is 0 Å². The summed E-state index contributed by atoms with van der Waals surface area (Å²) in [4.78, 5) is 11.4. The lowest BCUT2D eigenvalue weighted by Crippen LogP contribution is -2.23. The van der Waals surface area contributed by atoms with Gasteiger partial charge in [-0.05, 0) is 40.0 Å². The van der Waals surface area contributed by atoms with Gasteiger partial charge in [-0.1, -0.05) is 5.92 Å². The minimum absolute atomic E-state index is 0.228. The van der Waals surface area contributed by atoms with E-state index in [0.717, 1.165) is 19.3 Å². The second-order valence-electron chi connectivity index (χ2n) is 5.49. The Morgan fingerprint density at radius 2 is 2.12 bits per heavy atom. The Labute approximate surface area is 96.5 Å². The molecule has 0 aromatic heterocycles. The largest absolute Gasteiger partial charge is 0.450 e. The Hall–Kier alpha value is -1.01. The minimum atomic E-state index is -0.461. The summed E-state index contributed by atoms with van der Waals surface area (Å²) in [6.45, 7) is 5.52. The zero-order valence-electron chi connectivity index (χ0n) is 10.1. The molecule has 0 saturated carbocycles. The van der Waals surface area contributed by atoms with Crippen LogP contribution in [0.3, 0.4) is 0 Å². The molecular formula is C13H18O3. The average molecular weight is 222 g/mol. The number of fused-ring (bicyclic) bond motifs is 2. The van der Waals surface area contributed by atoms with Crippen LogP contribution in [0, 0.1) is 17.8 Å². The van der Waals surface area contributed by atoms with E-state index >= 15 is 0 Å². The van der Waals surface area contributed by atoms with Crippen molar-refractivity contribution in [1.82, 2.24) is 0 Å². The first-order valence-electron chi connectivity index (χ1n) is 5.84. The van der Waals surface area contributed by atoms with Crippen LogP contribution in [-0.2, 0) is 14.3 Å². The SMILES string of the molecule is CC(C)(C)OC(=O)C#CC1CC2CCC1O2. The van der Waals surface area contributed by atoms with Crippen LogP contribution >= 0.6 is 0 Å². The molecule has 0 radical (unpaired) electrons. The normalized spacial score (nSPS) is 32.1. The summed E-state index contributed by atoms with van der Waals surface area (Å²) < 4.78 is 10.8. The predicted molar refractivity (Wildman–Crippen MR) is 59.6 cm³/mol. The Morgan fingerprint density at radius 3 is 2.62 bits per heavy atom. The molecule has 3 unspecified atom stereocenters. The average Bonchev–Trinajstić information content (AvgIpc) is 2.72. The molecule has 0 aliphatic carbocycles. The van der Waals surface area contributed by atoms with Crippen molar-refractivity contribution in [3.8, 4) is 11.8 Å². The Bertz CT molecular complexity index is 342. The minimum Gasteiger partial charge on any atom is -0.450 e. The Balaban J connectivity index is 1.88. The van der Waals surface area contributed by atoms with E-state index in [1.165, 1.54) is 0 Å². The van der Waals surface area contributed by atoms with Crippen LogP contribution in [0.4, 0.5) is 0 Å². The van der Waals surface area contributed by atoms with Crippen molar-refractivity contribution in [1.29, 1.82) is 0 Å². The predicted octanol–water partition coefficient (Wildman–Crippen LogP) is 1.90. The summed E-state index contributed by atoms with van der Waals surface area (Å²) in [5.41, 5.74) is -0.461. The zero-order valence-corrected chi connectivity index (χ0v) is 10.1. The van der Waals surface area contributed by atoms with Crippen molar-refractivity contribution in [3.05, 3.63) is 0 Å². The van der Waals surface area contributed by atoms with Crippen molar-refractivity contribution in [2.75, 3.05) is 0 Å². The Kier molecular flexibility index (Phi) is 2.94. The zero-order chi connectivity index (χ0) is 11.8. The topological polar surface area (TPSA) is 35.5 Å². The van der Waals surface area contributed by atoms with E-state index < -0.39 is 11.6 Å². The van der Waals surface area contributed by atoms with Crippen LogP contribution in [0.1, 0.15) is 40.0 Å². The highest BCUT2D eigenvalue weighted by Crippen LogP contribution is 2.38. The van der Waals surface area contributed by atoms with E-state index in [9.17, 15) is 4.79 Å². The third-order valence-electron chi connectivity index (χ3n) is 2.86. The first-order chi connectivity index (χ1) is 7.44. The summed E-state index contributed by atoms with van der Waals surface area (Å²) in [7, 11) is 0. The van der Waals surface area contributed by atoms with Crippen molar-refractivity contribution >= 4 is 5.97 Å². The molecule has 0 spiro atoms. The van der Waals surface area contributed by atoms with Gasteiger partial charge in [0.2, 0.25) is 0 Å². The molecule has 2 fully saturated rings. The first-order valence-corrected chi connectivity index (χ1v) is 5.84. The third-order valence-corrected chi connectivity index (χ3v) is 2.86. The van der Waals surface area contributed by atoms with Crippen LogP contribution in [0.15, 0.2) is 0 Å². The molecule has 0 aromatic rings. The number of ether oxygens (including phenoxy) is 2. The summed E-state index contributed by atoms with van der Waals surface area (Å²) in [6, 6.07) is 0. The maximum absolute atomic E-state index is 11.4. The second-order valence-corrected chi connectivity index (χ2v) is 5.49. The molecule has 2 bridgehead atoms. The molecule has 2 rings (SSSR count). The fourth-order valence-electron chi connectivity index (χ4n) is 2.24. The van der Waals surface area contributed by atoms with Gasteiger partial charge in [-0.3, -0.25) is 0 Å². The molecule has 16 heavy (non-hydrogen) atoms. The maximum atomic E-state index is 11.4. The van der Waals surface area contributed by atoms with Crippen molar-refractivity contribution in [2.24, 2.45) is 5.92 Å². The van der Waals surface area contributed by atoms with Gasteiger partial charge < -0.3 is 9.47 Å². The summed E-state index contributed by atoms with van der Waals surface area (Å²) >= 11 is 0. The second kappa shape index (κ2) is 4.10. The highest BCUT2D eigenvalue weighted by molar-refractivity contribution is 5.88. The van der Waals surface area contributed by atoms with Gasteiger partial charge in [0.25, 0.3) is 0 Å². The molecule has 3 heteroatoms. The highest BCUT2D eigenvalue weighted by atomic mass is 16.6. The van der Waals surface area contributed by atoms with Crippen LogP contribution in [0.25, 0.3) is 0 Å². The van der Waals surface area contributed by atoms with Gasteiger partial charge in [-0.2, -0.15) is 0 Å². The number of rotatable bonds is 0. The van der Waals surface area contributed by atoms with Gasteiger partial charge in [-0.25, -0.2) is 4.79 Å². The molecule has 2 saturated heterocycles. The van der Waals surface area contributed by atoms with Crippen LogP contribution in [0.2, 0.25) is 0 Å². The summed E-state index contributed by atoms with van der Waals surface area (Å²) in [6.07, 6.45) is 3.83. The fraction of sp³-hybridized carbons (Fsp3) is 0.769. The molecule has 2 aliphatic rings. The molecular weight excluding hydrogens is 204 g/mol. The molecule has 3 atom stereocenters. The maximum Gasteiger partial charge on any atom is 0.384 e. The number of carbonyl (C=O) groups excluding carboxylic acids is 1. The van der Waals surface area contributed by atoms with E-state index in [-0.39, 0.29) is 12.0 Å². The van der Waals surface area contributed by atoms with E-state index in [2.05, 4.69) is 11.8 Å². The molecule has 2 aliphatic heterocycles. The number of carbonyl (C=O) groups is 1. The van der Waals surface area contributed by atoms with Crippen LogP contribution in [0.5, 0.6) is 0 Å². The van der Waals surface area contributed by atoms with Gasteiger partial charge in [-0.15, -0.1) is 0 Å². The van der Waals surface area contributed by atoms with E-state index in [0.29, 0.717) is 6.10 Å². The van der Waals surface area contributed by atoms with E-state index in [1.54, 1.807) is 0 Å². The van der Waals surface area contributed by atoms with Gasteiger partial charge in [0.1, 0.15) is 5.60 Å².